The zero-order valence-electron chi connectivity index (χ0n) is 16.9. The Hall–Kier alpha value is -2.79. The molecule has 8 heteroatoms. The van der Waals surface area contributed by atoms with Crippen LogP contribution in [0.15, 0.2) is 75.2 Å². The smallest absolute Gasteiger partial charge is 0.266 e. The van der Waals surface area contributed by atoms with Crippen LogP contribution in [0.2, 0.25) is 5.02 Å². The first-order valence-electron chi connectivity index (χ1n) is 9.33. The Morgan fingerprint density at radius 1 is 1.09 bits per heavy atom. The van der Waals surface area contributed by atoms with Gasteiger partial charge in [-0.15, -0.1) is 0 Å². The number of benzene rings is 3. The predicted molar refractivity (Wildman–Crippen MR) is 133 cm³/mol. The molecule has 0 heterocycles. The van der Waals surface area contributed by atoms with Gasteiger partial charge < -0.3 is 14.8 Å². The lowest BCUT2D eigenvalue weighted by Gasteiger charge is -2.12. The molecule has 0 aliphatic heterocycles. The monoisotopic (exact) mass is 574 g/mol. The van der Waals surface area contributed by atoms with E-state index in [0.717, 1.165) is 14.5 Å². The van der Waals surface area contributed by atoms with Gasteiger partial charge in [0, 0.05) is 25.2 Å². The molecule has 0 spiro atoms. The highest BCUT2D eigenvalue weighted by Crippen LogP contribution is 2.31. The molecule has 32 heavy (non-hydrogen) atoms. The highest BCUT2D eigenvalue weighted by Gasteiger charge is 2.12. The topological polar surface area (TPSA) is 71.3 Å². The Morgan fingerprint density at radius 2 is 1.84 bits per heavy atom. The van der Waals surface area contributed by atoms with E-state index in [0.29, 0.717) is 34.4 Å². The van der Waals surface area contributed by atoms with Gasteiger partial charge >= 0.3 is 0 Å². The molecule has 0 aromatic heterocycles. The molecule has 162 valence electrons. The van der Waals surface area contributed by atoms with E-state index in [1.54, 1.807) is 42.5 Å². The molecule has 3 rings (SSSR count). The summed E-state index contributed by atoms with van der Waals surface area (Å²) < 4.78 is 13.2. The molecule has 3 aromatic carbocycles. The average Bonchev–Trinajstić information content (AvgIpc) is 2.78. The van der Waals surface area contributed by atoms with Gasteiger partial charge in [0.25, 0.3) is 5.91 Å². The number of rotatable bonds is 7. The van der Waals surface area contributed by atoms with Gasteiger partial charge in [0.15, 0.2) is 11.5 Å². The molecule has 0 bridgehead atoms. The van der Waals surface area contributed by atoms with Crippen molar-refractivity contribution in [1.82, 2.24) is 0 Å². The van der Waals surface area contributed by atoms with E-state index in [1.807, 2.05) is 24.3 Å². The van der Waals surface area contributed by atoms with E-state index in [1.165, 1.54) is 13.2 Å². The van der Waals surface area contributed by atoms with Crippen molar-refractivity contribution in [3.63, 3.8) is 0 Å². The van der Waals surface area contributed by atoms with E-state index in [-0.39, 0.29) is 5.57 Å². The van der Waals surface area contributed by atoms with Crippen LogP contribution in [0, 0.1) is 11.3 Å². The fourth-order valence-electron chi connectivity index (χ4n) is 2.73. The zero-order chi connectivity index (χ0) is 23.1. The standard InChI is InChI=1S/C24H17Br2ClN2O3/c1-31-23-11-15(2-9-22(23)32-14-16-3-4-18(25)12-21(16)26)10-17(13-28)24(30)29-20-7-5-19(27)6-8-20/h2-12H,14H2,1H3,(H,29,30)/b17-10-. The molecule has 3 aromatic rings. The summed E-state index contributed by atoms with van der Waals surface area (Å²) in [7, 11) is 1.53. The third kappa shape index (κ3) is 6.36. The van der Waals surface area contributed by atoms with E-state index in [9.17, 15) is 10.1 Å². The number of carbonyl (C=O) groups excluding carboxylic acids is 1. The van der Waals surface area contributed by atoms with Crippen LogP contribution < -0.4 is 14.8 Å². The number of hydrogen-bond acceptors (Lipinski definition) is 4. The third-order valence-electron chi connectivity index (χ3n) is 4.36. The van der Waals surface area contributed by atoms with Gasteiger partial charge in [0.1, 0.15) is 18.2 Å². The van der Waals surface area contributed by atoms with Crippen LogP contribution in [0.4, 0.5) is 5.69 Å². The summed E-state index contributed by atoms with van der Waals surface area (Å²) >= 11 is 12.8. The van der Waals surface area contributed by atoms with Gasteiger partial charge in [-0.05, 0) is 60.2 Å². The Balaban J connectivity index is 1.75. The van der Waals surface area contributed by atoms with Crippen LogP contribution in [0.25, 0.3) is 6.08 Å². The summed E-state index contributed by atoms with van der Waals surface area (Å²) in [4.78, 5) is 12.5. The van der Waals surface area contributed by atoms with Gasteiger partial charge in [-0.3, -0.25) is 4.79 Å². The second-order valence-corrected chi connectivity index (χ2v) is 8.77. The second kappa shape index (κ2) is 11.2. The van der Waals surface area contributed by atoms with Crippen LogP contribution in [0.5, 0.6) is 11.5 Å². The van der Waals surface area contributed by atoms with Crippen molar-refractivity contribution in [3.05, 3.63) is 91.3 Å². The molecule has 0 saturated heterocycles. The maximum absolute atomic E-state index is 12.5. The number of ether oxygens (including phenoxy) is 2. The quantitative estimate of drug-likeness (QED) is 0.243. The van der Waals surface area contributed by atoms with Crippen LogP contribution in [-0.4, -0.2) is 13.0 Å². The van der Waals surface area contributed by atoms with Crippen molar-refractivity contribution < 1.29 is 14.3 Å². The maximum Gasteiger partial charge on any atom is 0.266 e. The van der Waals surface area contributed by atoms with Gasteiger partial charge in [-0.25, -0.2) is 0 Å². The summed E-state index contributed by atoms with van der Waals surface area (Å²) in [5.74, 6) is 0.514. The molecule has 5 nitrogen and oxygen atoms in total. The lowest BCUT2D eigenvalue weighted by molar-refractivity contribution is -0.112. The molecule has 0 aliphatic carbocycles. The van der Waals surface area contributed by atoms with Crippen molar-refractivity contribution in [2.75, 3.05) is 12.4 Å². The molecule has 0 aliphatic rings. The molecule has 0 unspecified atom stereocenters. The summed E-state index contributed by atoms with van der Waals surface area (Å²) in [6.07, 6.45) is 1.49. The first-order chi connectivity index (χ1) is 15.4. The van der Waals surface area contributed by atoms with E-state index in [2.05, 4.69) is 37.2 Å². The van der Waals surface area contributed by atoms with Crippen molar-refractivity contribution in [3.8, 4) is 17.6 Å². The molecular formula is C24H17Br2ClN2O3. The lowest BCUT2D eigenvalue weighted by Crippen LogP contribution is -2.13. The van der Waals surface area contributed by atoms with E-state index < -0.39 is 5.91 Å². The molecule has 0 fully saturated rings. The van der Waals surface area contributed by atoms with Gasteiger partial charge in [0.05, 0.1) is 7.11 Å². The van der Waals surface area contributed by atoms with Gasteiger partial charge in [-0.2, -0.15) is 5.26 Å². The minimum Gasteiger partial charge on any atom is -0.493 e. The lowest BCUT2D eigenvalue weighted by atomic mass is 10.1. The van der Waals surface area contributed by atoms with Crippen LogP contribution >= 0.6 is 43.5 Å². The molecule has 1 amide bonds. The minimum atomic E-state index is -0.519. The first-order valence-corrected chi connectivity index (χ1v) is 11.3. The van der Waals surface area contributed by atoms with Gasteiger partial charge in [-0.1, -0.05) is 55.6 Å². The zero-order valence-corrected chi connectivity index (χ0v) is 20.8. The number of hydrogen-bond donors (Lipinski definition) is 1. The van der Waals surface area contributed by atoms with Crippen molar-refractivity contribution in [2.45, 2.75) is 6.61 Å². The number of halogens is 3. The predicted octanol–water partition coefficient (Wildman–Crippen LogP) is 7.00. The normalized spacial score (nSPS) is 10.9. The number of nitrogens with one attached hydrogen (secondary N) is 1. The van der Waals surface area contributed by atoms with Crippen molar-refractivity contribution in [2.24, 2.45) is 0 Å². The third-order valence-corrected chi connectivity index (χ3v) is 5.85. The number of methoxy groups -OCH3 is 1. The fraction of sp³-hybridized carbons (Fsp3) is 0.0833. The Kier molecular flexibility index (Phi) is 8.34. The SMILES string of the molecule is COc1cc(/C=C(/C#N)C(=O)Nc2ccc(Cl)cc2)ccc1OCc1ccc(Br)cc1Br. The second-order valence-electron chi connectivity index (χ2n) is 6.57. The molecule has 0 atom stereocenters. The number of carbonyl (C=O) groups is 1. The van der Waals surface area contributed by atoms with Gasteiger partial charge in [0.2, 0.25) is 0 Å². The highest BCUT2D eigenvalue weighted by atomic mass is 79.9. The number of nitrogens with zero attached hydrogens (tertiary/aromatic N) is 1. The number of anilines is 1. The summed E-state index contributed by atoms with van der Waals surface area (Å²) in [6, 6.07) is 19.6. The average molecular weight is 577 g/mol. The highest BCUT2D eigenvalue weighted by molar-refractivity contribution is 9.11. The van der Waals surface area contributed by atoms with Crippen LogP contribution in [0.3, 0.4) is 0 Å². The largest absolute Gasteiger partial charge is 0.493 e. The van der Waals surface area contributed by atoms with Crippen LogP contribution in [0.1, 0.15) is 11.1 Å². The summed E-state index contributed by atoms with van der Waals surface area (Å²) in [5, 5.41) is 12.7. The van der Waals surface area contributed by atoms with E-state index >= 15 is 0 Å². The minimum absolute atomic E-state index is 0.0468. The molecule has 0 radical (unpaired) electrons. The Labute approximate surface area is 207 Å². The molecular weight excluding hydrogens is 560 g/mol. The Morgan fingerprint density at radius 3 is 2.50 bits per heavy atom. The summed E-state index contributed by atoms with van der Waals surface area (Å²) in [5.41, 5.74) is 2.10. The van der Waals surface area contributed by atoms with Crippen LogP contribution in [-0.2, 0) is 11.4 Å². The van der Waals surface area contributed by atoms with Crippen molar-refractivity contribution in [1.29, 1.82) is 5.26 Å². The number of nitriles is 1. The van der Waals surface area contributed by atoms with Crippen molar-refractivity contribution >= 4 is 61.1 Å². The fourth-order valence-corrected chi connectivity index (χ4v) is 4.02. The molecule has 0 saturated carbocycles. The van der Waals surface area contributed by atoms with E-state index in [4.69, 9.17) is 21.1 Å². The number of amides is 1. The molecule has 1 N–H and O–H groups in total. The maximum atomic E-state index is 12.5. The first kappa shape index (κ1) is 23.9. The summed E-state index contributed by atoms with van der Waals surface area (Å²) in [6.45, 7) is 0.340. The Bertz CT molecular complexity index is 1200.